The largest absolute Gasteiger partial charge is 0.356 e. The van der Waals surface area contributed by atoms with E-state index in [0.717, 1.165) is 45.2 Å². The van der Waals surface area contributed by atoms with Gasteiger partial charge in [-0.1, -0.05) is 37.3 Å². The van der Waals surface area contributed by atoms with Crippen LogP contribution in [0.15, 0.2) is 35.3 Å². The zero-order valence-electron chi connectivity index (χ0n) is 18.4. The summed E-state index contributed by atoms with van der Waals surface area (Å²) in [6.07, 6.45) is 0. The maximum Gasteiger partial charge on any atom is 0.193 e. The Balaban J connectivity index is 0.00000300. The van der Waals surface area contributed by atoms with Crippen molar-refractivity contribution in [2.45, 2.75) is 13.5 Å². The molecular formula is C22H39IN6. The molecule has 0 spiro atoms. The van der Waals surface area contributed by atoms with Crippen LogP contribution in [0.4, 0.5) is 0 Å². The Morgan fingerprint density at radius 2 is 1.59 bits per heavy atom. The van der Waals surface area contributed by atoms with E-state index in [4.69, 9.17) is 0 Å². The van der Waals surface area contributed by atoms with Gasteiger partial charge < -0.3 is 20.0 Å². The number of halogens is 1. The van der Waals surface area contributed by atoms with Crippen molar-refractivity contribution in [1.29, 1.82) is 0 Å². The minimum absolute atomic E-state index is 0. The van der Waals surface area contributed by atoms with E-state index < -0.39 is 0 Å². The van der Waals surface area contributed by atoms with Crippen molar-refractivity contribution < 1.29 is 0 Å². The van der Waals surface area contributed by atoms with Gasteiger partial charge in [0.1, 0.15) is 0 Å². The Morgan fingerprint density at radius 3 is 2.21 bits per heavy atom. The highest BCUT2D eigenvalue weighted by atomic mass is 127. The molecule has 2 saturated heterocycles. The van der Waals surface area contributed by atoms with Crippen molar-refractivity contribution in [2.24, 2.45) is 10.9 Å². The van der Waals surface area contributed by atoms with E-state index in [-0.39, 0.29) is 24.0 Å². The number of piperazine rings is 2. The molecule has 0 amide bonds. The lowest BCUT2D eigenvalue weighted by Gasteiger charge is -2.37. The summed E-state index contributed by atoms with van der Waals surface area (Å²) in [6, 6.07) is 10.8. The highest BCUT2D eigenvalue weighted by Crippen LogP contribution is 2.09. The third kappa shape index (κ3) is 8.03. The van der Waals surface area contributed by atoms with Crippen LogP contribution < -0.4 is 5.32 Å². The SMILES string of the molecule is CN=C(NCC(C)CN1CCN(C)CC1)N1CCN(Cc2ccccc2)CC1.I. The highest BCUT2D eigenvalue weighted by molar-refractivity contribution is 14.0. The molecule has 2 fully saturated rings. The number of aliphatic imine (C=N–C) groups is 1. The zero-order chi connectivity index (χ0) is 19.8. The summed E-state index contributed by atoms with van der Waals surface area (Å²) in [5.74, 6) is 1.68. The molecule has 2 aliphatic heterocycles. The van der Waals surface area contributed by atoms with E-state index in [1.54, 1.807) is 0 Å². The second kappa shape index (κ2) is 12.7. The van der Waals surface area contributed by atoms with Crippen LogP contribution in [0.25, 0.3) is 0 Å². The molecule has 164 valence electrons. The van der Waals surface area contributed by atoms with Crippen LogP contribution >= 0.6 is 24.0 Å². The van der Waals surface area contributed by atoms with Gasteiger partial charge in [0.15, 0.2) is 5.96 Å². The van der Waals surface area contributed by atoms with Gasteiger partial charge in [-0.25, -0.2) is 0 Å². The third-order valence-electron chi connectivity index (χ3n) is 5.91. The normalized spacial score (nSPS) is 20.9. The van der Waals surface area contributed by atoms with E-state index in [1.165, 1.54) is 38.3 Å². The second-order valence-corrected chi connectivity index (χ2v) is 8.39. The number of nitrogens with one attached hydrogen (secondary N) is 1. The first-order valence-electron chi connectivity index (χ1n) is 10.8. The average molecular weight is 515 g/mol. The van der Waals surface area contributed by atoms with Crippen molar-refractivity contribution in [1.82, 2.24) is 24.9 Å². The van der Waals surface area contributed by atoms with Crippen LogP contribution in [-0.2, 0) is 6.54 Å². The molecule has 1 unspecified atom stereocenters. The molecule has 0 aliphatic carbocycles. The third-order valence-corrected chi connectivity index (χ3v) is 5.91. The molecule has 2 aliphatic rings. The molecule has 1 N–H and O–H groups in total. The van der Waals surface area contributed by atoms with Gasteiger partial charge in [-0.15, -0.1) is 24.0 Å². The first-order valence-corrected chi connectivity index (χ1v) is 10.8. The number of hydrogen-bond acceptors (Lipinski definition) is 4. The summed E-state index contributed by atoms with van der Waals surface area (Å²) in [6.45, 7) is 14.6. The standard InChI is InChI=1S/C22H38N6.HI/c1-20(18-26-11-9-25(3)10-12-26)17-24-22(23-2)28-15-13-27(14-16-28)19-21-7-5-4-6-8-21;/h4-8,20H,9-19H2,1-3H3,(H,23,24);1H. The molecule has 0 radical (unpaired) electrons. The average Bonchev–Trinajstić information content (AvgIpc) is 2.72. The predicted molar refractivity (Wildman–Crippen MR) is 133 cm³/mol. The number of nitrogens with zero attached hydrogens (tertiary/aromatic N) is 5. The molecule has 1 aromatic carbocycles. The summed E-state index contributed by atoms with van der Waals surface area (Å²) in [5, 5.41) is 3.62. The first kappa shape index (κ1) is 24.4. The van der Waals surface area contributed by atoms with E-state index >= 15 is 0 Å². The number of likely N-dealkylation sites (N-methyl/N-ethyl adjacent to an activating group) is 1. The fraction of sp³-hybridized carbons (Fsp3) is 0.682. The van der Waals surface area contributed by atoms with Crippen LogP contribution in [-0.4, -0.2) is 105 Å². The Hall–Kier alpha value is -0.900. The van der Waals surface area contributed by atoms with Crippen molar-refractivity contribution in [3.05, 3.63) is 35.9 Å². The molecule has 6 nitrogen and oxygen atoms in total. The van der Waals surface area contributed by atoms with Crippen LogP contribution in [0.5, 0.6) is 0 Å². The lowest BCUT2D eigenvalue weighted by Crippen LogP contribution is -2.53. The van der Waals surface area contributed by atoms with Gasteiger partial charge in [0.25, 0.3) is 0 Å². The summed E-state index contributed by atoms with van der Waals surface area (Å²) < 4.78 is 0. The van der Waals surface area contributed by atoms with Gasteiger partial charge in [-0.3, -0.25) is 9.89 Å². The lowest BCUT2D eigenvalue weighted by atomic mass is 10.1. The van der Waals surface area contributed by atoms with Crippen LogP contribution in [0, 0.1) is 5.92 Å². The minimum atomic E-state index is 0. The number of guanidine groups is 1. The van der Waals surface area contributed by atoms with Crippen molar-refractivity contribution in [3.8, 4) is 0 Å². The fourth-order valence-corrected chi connectivity index (χ4v) is 4.09. The molecule has 3 rings (SSSR count). The van der Waals surface area contributed by atoms with Crippen molar-refractivity contribution in [3.63, 3.8) is 0 Å². The molecule has 29 heavy (non-hydrogen) atoms. The fourth-order valence-electron chi connectivity index (χ4n) is 4.09. The molecule has 1 aromatic rings. The summed E-state index contributed by atoms with van der Waals surface area (Å²) >= 11 is 0. The van der Waals surface area contributed by atoms with Gasteiger partial charge in [0.05, 0.1) is 0 Å². The van der Waals surface area contributed by atoms with Gasteiger partial charge in [-0.05, 0) is 18.5 Å². The van der Waals surface area contributed by atoms with Crippen molar-refractivity contribution in [2.75, 3.05) is 79.5 Å². The summed E-state index contributed by atoms with van der Waals surface area (Å²) in [5.41, 5.74) is 1.40. The number of hydrogen-bond donors (Lipinski definition) is 1. The zero-order valence-corrected chi connectivity index (χ0v) is 20.7. The molecule has 1 atom stereocenters. The maximum absolute atomic E-state index is 4.54. The van der Waals surface area contributed by atoms with E-state index in [1.807, 2.05) is 7.05 Å². The summed E-state index contributed by atoms with van der Waals surface area (Å²) in [7, 11) is 4.12. The number of benzene rings is 1. The topological polar surface area (TPSA) is 37.4 Å². The number of rotatable bonds is 6. The quantitative estimate of drug-likeness (QED) is 0.357. The van der Waals surface area contributed by atoms with Crippen molar-refractivity contribution >= 4 is 29.9 Å². The lowest BCUT2D eigenvalue weighted by molar-refractivity contribution is 0.138. The van der Waals surface area contributed by atoms with Crippen LogP contribution in [0.3, 0.4) is 0 Å². The summed E-state index contributed by atoms with van der Waals surface area (Å²) in [4.78, 5) is 14.5. The Morgan fingerprint density at radius 1 is 0.966 bits per heavy atom. The minimum Gasteiger partial charge on any atom is -0.356 e. The monoisotopic (exact) mass is 514 g/mol. The Kier molecular flexibility index (Phi) is 10.7. The Bertz CT molecular complexity index is 595. The van der Waals surface area contributed by atoms with E-state index in [2.05, 4.69) is 74.2 Å². The maximum atomic E-state index is 4.54. The Labute approximate surface area is 194 Å². The smallest absolute Gasteiger partial charge is 0.193 e. The molecule has 0 bridgehead atoms. The second-order valence-electron chi connectivity index (χ2n) is 8.39. The van der Waals surface area contributed by atoms with Gasteiger partial charge in [0.2, 0.25) is 0 Å². The van der Waals surface area contributed by atoms with E-state index in [9.17, 15) is 0 Å². The van der Waals surface area contributed by atoms with Crippen LogP contribution in [0.1, 0.15) is 12.5 Å². The van der Waals surface area contributed by atoms with E-state index in [0.29, 0.717) is 5.92 Å². The predicted octanol–water partition coefficient (Wildman–Crippen LogP) is 1.88. The van der Waals surface area contributed by atoms with Crippen LogP contribution in [0.2, 0.25) is 0 Å². The molecule has 0 saturated carbocycles. The first-order chi connectivity index (χ1) is 13.6. The van der Waals surface area contributed by atoms with Gasteiger partial charge >= 0.3 is 0 Å². The molecule has 2 heterocycles. The van der Waals surface area contributed by atoms with Gasteiger partial charge in [-0.2, -0.15) is 0 Å². The molecule has 0 aromatic heterocycles. The highest BCUT2D eigenvalue weighted by Gasteiger charge is 2.21. The van der Waals surface area contributed by atoms with Gasteiger partial charge in [0, 0.05) is 79.0 Å². The molecular weight excluding hydrogens is 475 g/mol. The molecule has 7 heteroatoms.